The third-order valence-electron chi connectivity index (χ3n) is 9.96. The molecule has 2 heteroatoms. The number of hydrogen-bond donors (Lipinski definition) is 0. The van der Waals surface area contributed by atoms with E-state index in [-0.39, 0.29) is 11.6 Å². The molecule has 0 aromatic carbocycles. The van der Waals surface area contributed by atoms with E-state index in [1.54, 1.807) is 38.5 Å². The summed E-state index contributed by atoms with van der Waals surface area (Å²) in [6.45, 7) is 3.64. The van der Waals surface area contributed by atoms with Crippen LogP contribution >= 0.6 is 0 Å². The summed E-state index contributed by atoms with van der Waals surface area (Å²) >= 11 is 0. The average molecular weight is 369 g/mol. The fourth-order valence-corrected chi connectivity index (χ4v) is 10.2. The van der Waals surface area contributed by atoms with E-state index < -0.39 is 0 Å². The minimum Gasteiger partial charge on any atom is -0.456 e. The highest BCUT2D eigenvalue weighted by molar-refractivity contribution is 5.81. The smallest absolute Gasteiger partial charge is 0.330 e. The minimum atomic E-state index is -0.187. The summed E-state index contributed by atoms with van der Waals surface area (Å²) in [6, 6.07) is 0. The summed E-state index contributed by atoms with van der Waals surface area (Å²) in [6.07, 6.45) is 21.2. The molecule has 148 valence electrons. The molecule has 8 fully saturated rings. The van der Waals surface area contributed by atoms with Crippen LogP contribution in [0.1, 0.15) is 89.9 Å². The van der Waals surface area contributed by atoms with Gasteiger partial charge in [0.1, 0.15) is 5.60 Å². The summed E-state index contributed by atoms with van der Waals surface area (Å²) in [4.78, 5) is 12.0. The summed E-state index contributed by atoms with van der Waals surface area (Å²) in [7, 11) is 0. The van der Waals surface area contributed by atoms with Crippen molar-refractivity contribution in [2.45, 2.75) is 95.5 Å². The third kappa shape index (κ3) is 2.76. The number of carbonyl (C=O) groups excluding carboxylic acids is 1. The van der Waals surface area contributed by atoms with Gasteiger partial charge in [0.05, 0.1) is 0 Å². The molecule has 0 saturated heterocycles. The predicted octanol–water partition coefficient (Wildman–Crippen LogP) is 6.05. The first kappa shape index (κ1) is 17.1. The zero-order valence-corrected chi connectivity index (χ0v) is 16.9. The lowest BCUT2D eigenvalue weighted by atomic mass is 9.44. The summed E-state index contributed by atoms with van der Waals surface area (Å²) < 4.78 is 6.06. The third-order valence-corrected chi connectivity index (χ3v) is 9.96. The minimum absolute atomic E-state index is 0.142. The predicted molar refractivity (Wildman–Crippen MR) is 106 cm³/mol. The van der Waals surface area contributed by atoms with E-state index in [0.29, 0.717) is 10.8 Å². The summed E-state index contributed by atoms with van der Waals surface area (Å²) in [5, 5.41) is 0. The molecule has 0 aromatic heterocycles. The Balaban J connectivity index is 1.21. The van der Waals surface area contributed by atoms with Gasteiger partial charge in [-0.1, -0.05) is 6.58 Å². The van der Waals surface area contributed by atoms with Gasteiger partial charge >= 0.3 is 5.97 Å². The van der Waals surface area contributed by atoms with Crippen molar-refractivity contribution >= 4 is 5.97 Å². The highest BCUT2D eigenvalue weighted by Crippen LogP contribution is 2.67. The maximum absolute atomic E-state index is 12.0. The van der Waals surface area contributed by atoms with E-state index in [9.17, 15) is 4.79 Å². The largest absolute Gasteiger partial charge is 0.456 e. The van der Waals surface area contributed by atoms with Gasteiger partial charge in [0.15, 0.2) is 0 Å². The first-order chi connectivity index (χ1) is 13.0. The van der Waals surface area contributed by atoms with Gasteiger partial charge in [0.25, 0.3) is 0 Å². The molecule has 8 bridgehead atoms. The molecule has 8 aliphatic carbocycles. The van der Waals surface area contributed by atoms with Crippen LogP contribution in [0.4, 0.5) is 0 Å². The number of carbonyl (C=O) groups is 1. The van der Waals surface area contributed by atoms with Crippen LogP contribution in [0.25, 0.3) is 0 Å². The second kappa shape index (κ2) is 5.63. The van der Waals surface area contributed by atoms with Gasteiger partial charge in [-0.15, -0.1) is 0 Å². The zero-order valence-electron chi connectivity index (χ0n) is 16.9. The molecule has 2 atom stereocenters. The van der Waals surface area contributed by atoms with Crippen LogP contribution < -0.4 is 0 Å². The average Bonchev–Trinajstić information content (AvgIpc) is 2.57. The van der Waals surface area contributed by atoms with Crippen molar-refractivity contribution in [3.63, 3.8) is 0 Å². The fraction of sp³-hybridized carbons (Fsp3) is 0.880. The van der Waals surface area contributed by atoms with E-state index in [1.807, 2.05) is 0 Å². The zero-order chi connectivity index (χ0) is 18.3. The van der Waals surface area contributed by atoms with E-state index in [2.05, 4.69) is 6.58 Å². The molecule has 0 spiro atoms. The Labute approximate surface area is 164 Å². The van der Waals surface area contributed by atoms with Crippen LogP contribution in [-0.4, -0.2) is 11.6 Å². The fourth-order valence-electron chi connectivity index (χ4n) is 10.2. The van der Waals surface area contributed by atoms with E-state index in [4.69, 9.17) is 4.74 Å². The maximum Gasteiger partial charge on any atom is 0.330 e. The molecule has 2 nitrogen and oxygen atoms in total. The molecule has 8 aliphatic rings. The standard InChI is InChI=1S/C25H36O2/c1-2-22(26)27-25-14-20-8-21(15-25)13-24(12-20,16-25)4-3-23-9-17-5-18(10-23)7-19(6-17)11-23/h2,17-21H,1,3-16H2. The first-order valence-corrected chi connectivity index (χ1v) is 11.8. The van der Waals surface area contributed by atoms with Crippen molar-refractivity contribution in [3.8, 4) is 0 Å². The monoisotopic (exact) mass is 368 g/mol. The van der Waals surface area contributed by atoms with Gasteiger partial charge in [-0.3, -0.25) is 0 Å². The molecule has 0 heterocycles. The molecular weight excluding hydrogens is 332 g/mol. The lowest BCUT2D eigenvalue weighted by Gasteiger charge is -2.63. The number of hydrogen-bond acceptors (Lipinski definition) is 2. The molecule has 0 aliphatic heterocycles. The van der Waals surface area contributed by atoms with Crippen molar-refractivity contribution in [1.29, 1.82) is 0 Å². The van der Waals surface area contributed by atoms with Crippen molar-refractivity contribution in [3.05, 3.63) is 12.7 Å². The van der Waals surface area contributed by atoms with E-state index >= 15 is 0 Å². The SMILES string of the molecule is C=CC(=O)OC12CC3CC(CC(CCC45CC6CC(CC(C6)C4)C5)(C3)C1)C2. The molecule has 2 unspecified atom stereocenters. The lowest BCUT2D eigenvalue weighted by molar-refractivity contribution is -0.200. The number of rotatable bonds is 5. The lowest BCUT2D eigenvalue weighted by Crippen LogP contribution is -2.57. The van der Waals surface area contributed by atoms with Crippen molar-refractivity contribution in [2.24, 2.45) is 40.4 Å². The molecule has 0 aromatic rings. The second-order valence-corrected chi connectivity index (χ2v) is 12.2. The van der Waals surface area contributed by atoms with Gasteiger partial charge in [0, 0.05) is 6.08 Å². The molecule has 8 rings (SSSR count). The highest BCUT2D eigenvalue weighted by Gasteiger charge is 2.60. The van der Waals surface area contributed by atoms with E-state index in [1.165, 1.54) is 38.2 Å². The maximum atomic E-state index is 12.0. The van der Waals surface area contributed by atoms with Crippen LogP contribution in [0.15, 0.2) is 12.7 Å². The Morgan fingerprint density at radius 3 is 1.81 bits per heavy atom. The molecule has 27 heavy (non-hydrogen) atoms. The molecular formula is C25H36O2. The Bertz CT molecular complexity index is 612. The van der Waals surface area contributed by atoms with Gasteiger partial charge in [0.2, 0.25) is 0 Å². The van der Waals surface area contributed by atoms with Crippen LogP contribution in [0.3, 0.4) is 0 Å². The van der Waals surface area contributed by atoms with Gasteiger partial charge in [-0.25, -0.2) is 4.79 Å². The Morgan fingerprint density at radius 2 is 1.26 bits per heavy atom. The van der Waals surface area contributed by atoms with Gasteiger partial charge in [-0.05, 0) is 130 Å². The van der Waals surface area contributed by atoms with E-state index in [0.717, 1.165) is 48.9 Å². The molecule has 0 N–H and O–H groups in total. The summed E-state index contributed by atoms with van der Waals surface area (Å²) in [5.41, 5.74) is 1.04. The number of ether oxygens (including phenoxy) is 1. The first-order valence-electron chi connectivity index (χ1n) is 11.8. The van der Waals surface area contributed by atoms with Crippen LogP contribution in [0.5, 0.6) is 0 Å². The van der Waals surface area contributed by atoms with Crippen LogP contribution in [0.2, 0.25) is 0 Å². The molecule has 0 radical (unpaired) electrons. The van der Waals surface area contributed by atoms with Gasteiger partial charge in [-0.2, -0.15) is 0 Å². The molecule has 0 amide bonds. The number of esters is 1. The quantitative estimate of drug-likeness (QED) is 0.436. The topological polar surface area (TPSA) is 26.3 Å². The normalized spacial score (nSPS) is 54.3. The summed E-state index contributed by atoms with van der Waals surface area (Å²) in [5.74, 6) is 4.61. The Morgan fingerprint density at radius 1 is 0.778 bits per heavy atom. The van der Waals surface area contributed by atoms with Crippen molar-refractivity contribution < 1.29 is 9.53 Å². The van der Waals surface area contributed by atoms with Crippen molar-refractivity contribution in [2.75, 3.05) is 0 Å². The molecule has 8 saturated carbocycles. The highest BCUT2D eigenvalue weighted by atomic mass is 16.6. The van der Waals surface area contributed by atoms with Crippen LogP contribution in [0, 0.1) is 40.4 Å². The Hall–Kier alpha value is -0.790. The Kier molecular flexibility index (Phi) is 3.57. The van der Waals surface area contributed by atoms with Crippen LogP contribution in [-0.2, 0) is 9.53 Å². The van der Waals surface area contributed by atoms with Gasteiger partial charge < -0.3 is 4.74 Å². The second-order valence-electron chi connectivity index (χ2n) is 12.2. The van der Waals surface area contributed by atoms with Crippen molar-refractivity contribution in [1.82, 2.24) is 0 Å².